The van der Waals surface area contributed by atoms with Crippen molar-refractivity contribution in [2.75, 3.05) is 0 Å². The fraction of sp³-hybridized carbons (Fsp3) is 0. The summed E-state index contributed by atoms with van der Waals surface area (Å²) >= 11 is 0. The number of benzene rings is 2. The molecule has 14 heavy (non-hydrogen) atoms. The van der Waals surface area contributed by atoms with Crippen LogP contribution in [-0.2, 0) is 0 Å². The zero-order valence-electron chi connectivity index (χ0n) is 7.16. The van der Waals surface area contributed by atoms with Crippen molar-refractivity contribution in [3.8, 4) is 11.8 Å². The molecule has 0 heterocycles. The Balaban J connectivity index is 2.84. The molecule has 0 aliphatic carbocycles. The van der Waals surface area contributed by atoms with Crippen molar-refractivity contribution in [3.63, 3.8) is 0 Å². The van der Waals surface area contributed by atoms with Crippen LogP contribution in [0.15, 0.2) is 30.3 Å². The van der Waals surface area contributed by atoms with Crippen LogP contribution in [0, 0.1) is 17.1 Å². The van der Waals surface area contributed by atoms with Gasteiger partial charge in [-0.2, -0.15) is 5.26 Å². The number of nitrogens with zero attached hydrogens (tertiary/aromatic N) is 1. The van der Waals surface area contributed by atoms with E-state index in [0.29, 0.717) is 16.3 Å². The van der Waals surface area contributed by atoms with E-state index >= 15 is 0 Å². The van der Waals surface area contributed by atoms with Gasteiger partial charge in [-0.3, -0.25) is 0 Å². The predicted octanol–water partition coefficient (Wildman–Crippen LogP) is 2.56. The standard InChI is InChI=1S/C11H6FNO/c12-9-2-1-8-3-7(6-13)4-11(14)10(8)5-9/h1-5,14H. The Morgan fingerprint density at radius 1 is 1.21 bits per heavy atom. The van der Waals surface area contributed by atoms with Gasteiger partial charge in [-0.15, -0.1) is 0 Å². The highest BCUT2D eigenvalue weighted by Gasteiger charge is 2.03. The third-order valence-electron chi connectivity index (χ3n) is 2.02. The lowest BCUT2D eigenvalue weighted by Gasteiger charge is -2.01. The fourth-order valence-electron chi connectivity index (χ4n) is 1.37. The number of aromatic hydroxyl groups is 1. The maximum absolute atomic E-state index is 12.8. The second-order valence-electron chi connectivity index (χ2n) is 2.97. The van der Waals surface area contributed by atoms with Crippen LogP contribution in [0.1, 0.15) is 5.56 Å². The van der Waals surface area contributed by atoms with Crippen molar-refractivity contribution in [2.24, 2.45) is 0 Å². The van der Waals surface area contributed by atoms with E-state index < -0.39 is 5.82 Å². The molecule has 0 aromatic heterocycles. The molecular formula is C11H6FNO. The Kier molecular flexibility index (Phi) is 1.83. The molecule has 2 aromatic rings. The highest BCUT2D eigenvalue weighted by Crippen LogP contribution is 2.26. The first kappa shape index (κ1) is 8.52. The molecule has 0 fully saturated rings. The molecule has 0 amide bonds. The van der Waals surface area contributed by atoms with E-state index in [0.717, 1.165) is 0 Å². The lowest BCUT2D eigenvalue weighted by atomic mass is 10.1. The summed E-state index contributed by atoms with van der Waals surface area (Å²) in [7, 11) is 0. The average Bonchev–Trinajstić information content (AvgIpc) is 2.19. The summed E-state index contributed by atoms with van der Waals surface area (Å²) in [6, 6.07) is 8.92. The van der Waals surface area contributed by atoms with Crippen LogP contribution in [0.5, 0.6) is 5.75 Å². The molecule has 2 nitrogen and oxygen atoms in total. The normalized spacial score (nSPS) is 10.0. The van der Waals surface area contributed by atoms with Gasteiger partial charge in [0.2, 0.25) is 0 Å². The van der Waals surface area contributed by atoms with Crippen LogP contribution in [0.2, 0.25) is 0 Å². The molecule has 0 spiro atoms. The van der Waals surface area contributed by atoms with Crippen molar-refractivity contribution in [3.05, 3.63) is 41.7 Å². The topological polar surface area (TPSA) is 44.0 Å². The van der Waals surface area contributed by atoms with E-state index in [1.807, 2.05) is 6.07 Å². The van der Waals surface area contributed by atoms with Crippen molar-refractivity contribution in [1.29, 1.82) is 5.26 Å². The molecule has 0 radical (unpaired) electrons. The number of halogens is 1. The average molecular weight is 187 g/mol. The van der Waals surface area contributed by atoms with Crippen LogP contribution in [-0.4, -0.2) is 5.11 Å². The summed E-state index contributed by atoms with van der Waals surface area (Å²) in [5.74, 6) is -0.476. The number of nitriles is 1. The summed E-state index contributed by atoms with van der Waals surface area (Å²) in [5.41, 5.74) is 0.363. The Morgan fingerprint density at radius 2 is 2.00 bits per heavy atom. The Labute approximate surface area is 79.8 Å². The van der Waals surface area contributed by atoms with Crippen molar-refractivity contribution in [2.45, 2.75) is 0 Å². The first-order valence-corrected chi connectivity index (χ1v) is 4.03. The molecule has 0 aliphatic heterocycles. The van der Waals surface area contributed by atoms with Crippen LogP contribution < -0.4 is 0 Å². The van der Waals surface area contributed by atoms with E-state index in [1.54, 1.807) is 6.07 Å². The fourth-order valence-corrected chi connectivity index (χ4v) is 1.37. The SMILES string of the molecule is N#Cc1cc(O)c2cc(F)ccc2c1. The van der Waals surface area contributed by atoms with E-state index in [2.05, 4.69) is 0 Å². The first-order valence-electron chi connectivity index (χ1n) is 4.03. The molecule has 0 saturated heterocycles. The maximum Gasteiger partial charge on any atom is 0.124 e. The molecule has 0 saturated carbocycles. The van der Waals surface area contributed by atoms with Gasteiger partial charge in [0.25, 0.3) is 0 Å². The molecule has 0 atom stereocenters. The summed E-state index contributed by atoms with van der Waals surface area (Å²) in [6.45, 7) is 0. The van der Waals surface area contributed by atoms with Gasteiger partial charge in [0.15, 0.2) is 0 Å². The maximum atomic E-state index is 12.8. The molecule has 1 N–H and O–H groups in total. The Hall–Kier alpha value is -2.08. The number of hydrogen-bond acceptors (Lipinski definition) is 2. The van der Waals surface area contributed by atoms with Crippen LogP contribution in [0.25, 0.3) is 10.8 Å². The lowest BCUT2D eigenvalue weighted by molar-refractivity contribution is 0.481. The van der Waals surface area contributed by atoms with Crippen LogP contribution >= 0.6 is 0 Å². The van der Waals surface area contributed by atoms with E-state index in [4.69, 9.17) is 5.26 Å². The number of phenols is 1. The molecular weight excluding hydrogens is 181 g/mol. The van der Waals surface area contributed by atoms with Gasteiger partial charge in [0.1, 0.15) is 11.6 Å². The molecule has 3 heteroatoms. The van der Waals surface area contributed by atoms with Gasteiger partial charge in [-0.25, -0.2) is 4.39 Å². The monoisotopic (exact) mass is 187 g/mol. The smallest absolute Gasteiger partial charge is 0.124 e. The van der Waals surface area contributed by atoms with Gasteiger partial charge < -0.3 is 5.11 Å². The summed E-state index contributed by atoms with van der Waals surface area (Å²) < 4.78 is 12.8. The Morgan fingerprint density at radius 3 is 2.71 bits per heavy atom. The lowest BCUT2D eigenvalue weighted by Crippen LogP contribution is -1.80. The molecule has 0 bridgehead atoms. The van der Waals surface area contributed by atoms with Gasteiger partial charge in [-0.1, -0.05) is 6.07 Å². The quantitative estimate of drug-likeness (QED) is 0.688. The Bertz CT molecular complexity index is 543. The number of rotatable bonds is 0. The van der Waals surface area contributed by atoms with Gasteiger partial charge in [0.05, 0.1) is 11.6 Å². The zero-order valence-corrected chi connectivity index (χ0v) is 7.16. The summed E-state index contributed by atoms with van der Waals surface area (Å²) in [4.78, 5) is 0. The highest BCUT2D eigenvalue weighted by atomic mass is 19.1. The van der Waals surface area contributed by atoms with Crippen LogP contribution in [0.4, 0.5) is 4.39 Å². The third kappa shape index (κ3) is 1.27. The second-order valence-corrected chi connectivity index (χ2v) is 2.97. The number of fused-ring (bicyclic) bond motifs is 1. The minimum absolute atomic E-state index is 0.0708. The number of phenolic OH excluding ortho intramolecular Hbond substituents is 1. The van der Waals surface area contributed by atoms with Crippen molar-refractivity contribution in [1.82, 2.24) is 0 Å². The van der Waals surface area contributed by atoms with Gasteiger partial charge in [-0.05, 0) is 29.7 Å². The molecule has 2 rings (SSSR count). The van der Waals surface area contributed by atoms with Crippen LogP contribution in [0.3, 0.4) is 0 Å². The third-order valence-corrected chi connectivity index (χ3v) is 2.02. The largest absolute Gasteiger partial charge is 0.507 e. The number of hydrogen-bond donors (Lipinski definition) is 1. The van der Waals surface area contributed by atoms with E-state index in [1.165, 1.54) is 24.3 Å². The van der Waals surface area contributed by atoms with Gasteiger partial charge >= 0.3 is 0 Å². The molecule has 0 unspecified atom stereocenters. The van der Waals surface area contributed by atoms with Crippen molar-refractivity contribution >= 4 is 10.8 Å². The van der Waals surface area contributed by atoms with Gasteiger partial charge in [0, 0.05) is 5.39 Å². The molecule has 0 aliphatic rings. The van der Waals surface area contributed by atoms with E-state index in [-0.39, 0.29) is 5.75 Å². The van der Waals surface area contributed by atoms with Crippen molar-refractivity contribution < 1.29 is 9.50 Å². The highest BCUT2D eigenvalue weighted by molar-refractivity contribution is 5.89. The predicted molar refractivity (Wildman–Crippen MR) is 50.3 cm³/mol. The second kappa shape index (κ2) is 3.00. The minimum Gasteiger partial charge on any atom is -0.507 e. The van der Waals surface area contributed by atoms with E-state index in [9.17, 15) is 9.50 Å². The summed E-state index contributed by atoms with van der Waals surface area (Å²) in [6.07, 6.45) is 0. The zero-order chi connectivity index (χ0) is 10.1. The summed E-state index contributed by atoms with van der Waals surface area (Å²) in [5, 5.41) is 19.2. The minimum atomic E-state index is -0.405. The molecule has 2 aromatic carbocycles. The molecule has 68 valence electrons. The first-order chi connectivity index (χ1) is 6.70.